The van der Waals surface area contributed by atoms with E-state index >= 15 is 4.39 Å². The number of carbonyl (C=O) groups excluding carboxylic acids is 4. The van der Waals surface area contributed by atoms with Crippen molar-refractivity contribution in [1.29, 1.82) is 0 Å². The number of nitrogens with one attached hydrogen (secondary N) is 1. The maximum absolute atomic E-state index is 15.7. The fraction of sp³-hybridized carbons (Fsp3) is 0.457. The largest absolute Gasteiger partial charge is 0.443 e. The number of ether oxygens (including phenoxy) is 3. The molecular formula is C35H44FN5O8. The second kappa shape index (κ2) is 12.8. The summed E-state index contributed by atoms with van der Waals surface area (Å²) in [4.78, 5) is 59.2. The highest BCUT2D eigenvalue weighted by Gasteiger charge is 2.31. The lowest BCUT2D eigenvalue weighted by molar-refractivity contribution is -0.0588. The van der Waals surface area contributed by atoms with Gasteiger partial charge in [0.25, 0.3) is 5.91 Å². The first-order chi connectivity index (χ1) is 22.3. The zero-order valence-corrected chi connectivity index (χ0v) is 30.0. The number of hydrogen-bond acceptors (Lipinski definition) is 9. The third kappa shape index (κ3) is 8.74. The van der Waals surface area contributed by atoms with Crippen LogP contribution in [-0.2, 0) is 19.0 Å². The Kier molecular flexibility index (Phi) is 9.63. The molecular weight excluding hydrogens is 637 g/mol. The summed E-state index contributed by atoms with van der Waals surface area (Å²) in [6, 6.07) is 6.06. The minimum atomic E-state index is -0.921. The first-order valence-electron chi connectivity index (χ1n) is 15.6. The van der Waals surface area contributed by atoms with Gasteiger partial charge < -0.3 is 14.2 Å². The molecule has 3 heterocycles. The molecule has 0 aliphatic heterocycles. The molecule has 4 rings (SSSR count). The molecule has 0 atom stereocenters. The minimum absolute atomic E-state index is 0.0131. The number of hydroxylamine groups is 1. The molecule has 1 aromatic carbocycles. The topological polar surface area (TPSA) is 145 Å². The fourth-order valence-corrected chi connectivity index (χ4v) is 4.68. The van der Waals surface area contributed by atoms with E-state index in [0.717, 1.165) is 15.4 Å². The molecule has 0 aliphatic rings. The number of benzene rings is 1. The zero-order chi connectivity index (χ0) is 36.9. The van der Waals surface area contributed by atoms with Crippen molar-refractivity contribution in [3.05, 3.63) is 54.2 Å². The van der Waals surface area contributed by atoms with E-state index in [1.807, 2.05) is 0 Å². The van der Waals surface area contributed by atoms with Crippen molar-refractivity contribution in [3.63, 3.8) is 0 Å². The van der Waals surface area contributed by atoms with Crippen LogP contribution in [0.3, 0.4) is 0 Å². The predicted molar refractivity (Wildman–Crippen MR) is 180 cm³/mol. The maximum atomic E-state index is 15.7. The van der Waals surface area contributed by atoms with Crippen molar-refractivity contribution in [2.75, 3.05) is 0 Å². The van der Waals surface area contributed by atoms with Crippen LogP contribution in [0.5, 0.6) is 0 Å². The second-order valence-electron chi connectivity index (χ2n) is 15.4. The number of rotatable bonds is 4. The summed E-state index contributed by atoms with van der Waals surface area (Å²) in [7, 11) is 0. The number of aromatic nitrogens is 4. The van der Waals surface area contributed by atoms with Crippen molar-refractivity contribution < 1.29 is 42.6 Å². The quantitative estimate of drug-likeness (QED) is 0.168. The molecule has 0 spiro atoms. The molecule has 0 aliphatic carbocycles. The Hall–Kier alpha value is -4.98. The highest BCUT2D eigenvalue weighted by atomic mass is 19.1. The first-order valence-corrected chi connectivity index (χ1v) is 15.6. The zero-order valence-electron chi connectivity index (χ0n) is 30.0. The molecule has 3 aromatic heterocycles. The van der Waals surface area contributed by atoms with Gasteiger partial charge in [-0.15, -0.1) is 0 Å². The van der Waals surface area contributed by atoms with Crippen molar-refractivity contribution in [2.24, 2.45) is 0 Å². The highest BCUT2D eigenvalue weighted by molar-refractivity contribution is 6.13. The Labute approximate surface area is 284 Å². The molecule has 0 unspecified atom stereocenters. The van der Waals surface area contributed by atoms with E-state index in [1.54, 1.807) is 95.2 Å². The molecule has 4 aromatic rings. The standard InChI is InChI=1S/C35H44FN5O8/c1-32(2,3)46-29(43)39-17-15-20-24(39)14-13-21(25(20)28(42)38-49-35(10,11)12)27-22(16-18-40(27)30(44)47-33(4,5)6)26-23(36)19-41(37-26)31(45)48-34(7,8)9/h13-19H,1-12H3,(H,38,42). The van der Waals surface area contributed by atoms with Gasteiger partial charge in [0.05, 0.1) is 28.6 Å². The maximum Gasteiger partial charge on any atom is 0.435 e. The van der Waals surface area contributed by atoms with E-state index in [4.69, 9.17) is 19.0 Å². The van der Waals surface area contributed by atoms with Gasteiger partial charge >= 0.3 is 18.3 Å². The van der Waals surface area contributed by atoms with Crippen LogP contribution in [-0.4, -0.2) is 65.5 Å². The third-order valence-electron chi connectivity index (χ3n) is 6.38. The Morgan fingerprint density at radius 1 is 0.673 bits per heavy atom. The highest BCUT2D eigenvalue weighted by Crippen LogP contribution is 2.39. The van der Waals surface area contributed by atoms with Crippen molar-refractivity contribution >= 4 is 35.1 Å². The third-order valence-corrected chi connectivity index (χ3v) is 6.38. The molecule has 14 heteroatoms. The number of nitrogens with zero attached hydrogens (tertiary/aromatic N) is 4. The predicted octanol–water partition coefficient (Wildman–Crippen LogP) is 7.92. The van der Waals surface area contributed by atoms with Crippen LogP contribution < -0.4 is 5.48 Å². The SMILES string of the molecule is CC(C)(C)ONC(=O)c1c(-c2c(-c3nn(C(=O)OC(C)(C)C)cc3F)ccn2C(=O)OC(C)(C)C)ccc2c1ccn2C(=O)OC(C)(C)C. The summed E-state index contributed by atoms with van der Waals surface area (Å²) >= 11 is 0. The molecule has 0 radical (unpaired) electrons. The molecule has 49 heavy (non-hydrogen) atoms. The Balaban J connectivity index is 2.02. The minimum Gasteiger partial charge on any atom is -0.443 e. The number of hydrogen-bond donors (Lipinski definition) is 1. The average molecular weight is 682 g/mol. The molecule has 264 valence electrons. The van der Waals surface area contributed by atoms with Crippen LogP contribution in [0.1, 0.15) is 93.4 Å². The second-order valence-corrected chi connectivity index (χ2v) is 15.4. The summed E-state index contributed by atoms with van der Waals surface area (Å²) in [5.74, 6) is -1.62. The number of fused-ring (bicyclic) bond motifs is 1. The summed E-state index contributed by atoms with van der Waals surface area (Å²) in [5.41, 5.74) is -0.699. The van der Waals surface area contributed by atoms with Gasteiger partial charge in [0.1, 0.15) is 22.5 Å². The molecule has 0 fully saturated rings. The lowest BCUT2D eigenvalue weighted by Gasteiger charge is -2.22. The summed E-state index contributed by atoms with van der Waals surface area (Å²) in [5, 5.41) is 4.47. The van der Waals surface area contributed by atoms with E-state index in [2.05, 4.69) is 10.6 Å². The van der Waals surface area contributed by atoms with Crippen LogP contribution in [0.2, 0.25) is 0 Å². The summed E-state index contributed by atoms with van der Waals surface area (Å²) < 4.78 is 35.4. The van der Waals surface area contributed by atoms with Crippen LogP contribution in [0.15, 0.2) is 42.9 Å². The van der Waals surface area contributed by atoms with Crippen molar-refractivity contribution in [2.45, 2.75) is 105 Å². The fourth-order valence-electron chi connectivity index (χ4n) is 4.68. The lowest BCUT2D eigenvalue weighted by Crippen LogP contribution is -2.34. The molecule has 1 N–H and O–H groups in total. The Morgan fingerprint density at radius 2 is 1.20 bits per heavy atom. The molecule has 0 saturated heterocycles. The van der Waals surface area contributed by atoms with Gasteiger partial charge in [-0.1, -0.05) is 0 Å². The first kappa shape index (κ1) is 36.8. The summed E-state index contributed by atoms with van der Waals surface area (Å²) in [6.07, 6.45) is 1.25. The normalized spacial score (nSPS) is 12.6. The van der Waals surface area contributed by atoms with E-state index < -0.39 is 52.4 Å². The van der Waals surface area contributed by atoms with Gasteiger partial charge in [0, 0.05) is 28.9 Å². The van der Waals surface area contributed by atoms with E-state index in [9.17, 15) is 19.2 Å². The van der Waals surface area contributed by atoms with Crippen LogP contribution in [0.4, 0.5) is 18.8 Å². The van der Waals surface area contributed by atoms with Gasteiger partial charge in [-0.3, -0.25) is 18.8 Å². The van der Waals surface area contributed by atoms with Gasteiger partial charge in [-0.05, 0) is 107 Å². The molecule has 0 bridgehead atoms. The van der Waals surface area contributed by atoms with E-state index in [0.29, 0.717) is 10.9 Å². The number of amides is 1. The van der Waals surface area contributed by atoms with Gasteiger partial charge in [-0.25, -0.2) is 24.3 Å². The van der Waals surface area contributed by atoms with Gasteiger partial charge in [0.15, 0.2) is 5.82 Å². The van der Waals surface area contributed by atoms with Crippen molar-refractivity contribution in [3.8, 4) is 22.5 Å². The van der Waals surface area contributed by atoms with Crippen molar-refractivity contribution in [1.82, 2.24) is 24.4 Å². The molecule has 0 saturated carbocycles. The monoisotopic (exact) mass is 681 g/mol. The Morgan fingerprint density at radius 3 is 1.76 bits per heavy atom. The number of halogens is 1. The molecule has 13 nitrogen and oxygen atoms in total. The average Bonchev–Trinajstić information content (AvgIpc) is 3.64. The van der Waals surface area contributed by atoms with Crippen LogP contribution in [0, 0.1) is 5.82 Å². The summed E-state index contributed by atoms with van der Waals surface area (Å²) in [6.45, 7) is 20.4. The van der Waals surface area contributed by atoms with Crippen LogP contribution >= 0.6 is 0 Å². The molecule has 1 amide bonds. The van der Waals surface area contributed by atoms with Gasteiger partial charge in [-0.2, -0.15) is 9.78 Å². The van der Waals surface area contributed by atoms with E-state index in [-0.39, 0.29) is 28.1 Å². The van der Waals surface area contributed by atoms with Gasteiger partial charge in [0.2, 0.25) is 0 Å². The Bertz CT molecular complexity index is 1920. The smallest absolute Gasteiger partial charge is 0.435 e. The van der Waals surface area contributed by atoms with E-state index in [1.165, 1.54) is 29.1 Å². The number of carbonyl (C=O) groups is 4. The lowest BCUT2D eigenvalue weighted by atomic mass is 9.96. The van der Waals surface area contributed by atoms with Crippen LogP contribution in [0.25, 0.3) is 33.4 Å².